The Balaban J connectivity index is 2.80. The number of amides is 1. The summed E-state index contributed by atoms with van der Waals surface area (Å²) in [5, 5.41) is 2.89. The van der Waals surface area contributed by atoms with Gasteiger partial charge in [-0.05, 0) is 24.5 Å². The van der Waals surface area contributed by atoms with Crippen molar-refractivity contribution >= 4 is 21.8 Å². The van der Waals surface area contributed by atoms with E-state index in [0.717, 1.165) is 34.3 Å². The summed E-state index contributed by atoms with van der Waals surface area (Å²) < 4.78 is 27.4. The molecule has 1 atom stereocenters. The summed E-state index contributed by atoms with van der Waals surface area (Å²) in [6.07, 6.45) is 4.34. The van der Waals surface area contributed by atoms with E-state index in [4.69, 9.17) is 0 Å². The Morgan fingerprint density at radius 3 is 2.32 bits per heavy atom. The molecule has 0 aliphatic carbocycles. The Morgan fingerprint density at radius 2 is 1.80 bits per heavy atom. The molecule has 1 amide bonds. The Labute approximate surface area is 152 Å². The van der Waals surface area contributed by atoms with Gasteiger partial charge in [-0.25, -0.2) is 4.31 Å². The first-order valence-corrected chi connectivity index (χ1v) is 10.2. The molecular weight excluding hydrogens is 338 g/mol. The molecule has 0 aliphatic heterocycles. The zero-order chi connectivity index (χ0) is 18.9. The highest BCUT2D eigenvalue weighted by Gasteiger charge is 2.27. The lowest BCUT2D eigenvalue weighted by Gasteiger charge is -2.27. The molecule has 0 saturated heterocycles. The second-order valence-corrected chi connectivity index (χ2v) is 8.42. The molecule has 0 aliphatic rings. The van der Waals surface area contributed by atoms with E-state index in [1.54, 1.807) is 24.3 Å². The summed E-state index contributed by atoms with van der Waals surface area (Å²) in [5.41, 5.74) is 0.476. The van der Waals surface area contributed by atoms with Crippen LogP contribution in [0, 0.1) is 5.92 Å². The van der Waals surface area contributed by atoms with Crippen molar-refractivity contribution in [3.63, 3.8) is 0 Å². The molecule has 0 bridgehead atoms. The number of anilines is 1. The molecule has 1 aromatic rings. The van der Waals surface area contributed by atoms with Crippen LogP contribution in [0.15, 0.2) is 30.3 Å². The largest absolute Gasteiger partial charge is 0.354 e. The van der Waals surface area contributed by atoms with Gasteiger partial charge in [-0.15, -0.1) is 0 Å². The molecule has 1 rings (SSSR count). The van der Waals surface area contributed by atoms with Gasteiger partial charge in [0.25, 0.3) is 0 Å². The summed E-state index contributed by atoms with van der Waals surface area (Å²) in [5.74, 6) is 0.142. The number of benzene rings is 1. The van der Waals surface area contributed by atoms with E-state index in [1.165, 1.54) is 14.1 Å². The standard InChI is InChI=1S/C18H31N3O3S/c1-5-7-11-16(6-2)14-19-18(22)15-21(25(23,24)20(3)4)17-12-9-8-10-13-17/h8-10,12-13,16H,5-7,11,14-15H2,1-4H3,(H,19,22)/t16-/m0/s1. The van der Waals surface area contributed by atoms with Crippen LogP contribution in [0.4, 0.5) is 5.69 Å². The topological polar surface area (TPSA) is 69.7 Å². The van der Waals surface area contributed by atoms with Crippen molar-refractivity contribution in [1.29, 1.82) is 0 Å². The number of nitrogens with zero attached hydrogens (tertiary/aromatic N) is 2. The van der Waals surface area contributed by atoms with Gasteiger partial charge in [0.1, 0.15) is 6.54 Å². The van der Waals surface area contributed by atoms with E-state index >= 15 is 0 Å². The van der Waals surface area contributed by atoms with Crippen LogP contribution in [0.3, 0.4) is 0 Å². The quantitative estimate of drug-likeness (QED) is 0.652. The fourth-order valence-electron chi connectivity index (χ4n) is 2.49. The van der Waals surface area contributed by atoms with Gasteiger partial charge in [-0.2, -0.15) is 12.7 Å². The SMILES string of the molecule is CCCC[C@H](CC)CNC(=O)CN(c1ccccc1)S(=O)(=O)N(C)C. The normalized spacial score (nSPS) is 12.8. The van der Waals surface area contributed by atoms with Crippen molar-refractivity contribution in [3.8, 4) is 0 Å². The number of nitrogens with one attached hydrogen (secondary N) is 1. The van der Waals surface area contributed by atoms with Crippen molar-refractivity contribution in [2.24, 2.45) is 5.92 Å². The molecule has 1 aromatic carbocycles. The lowest BCUT2D eigenvalue weighted by atomic mass is 9.99. The molecule has 142 valence electrons. The van der Waals surface area contributed by atoms with E-state index in [2.05, 4.69) is 19.2 Å². The first-order chi connectivity index (χ1) is 11.8. The predicted molar refractivity (Wildman–Crippen MR) is 103 cm³/mol. The third-order valence-corrected chi connectivity index (χ3v) is 6.02. The molecule has 7 heteroatoms. The number of para-hydroxylation sites is 1. The minimum absolute atomic E-state index is 0.227. The molecule has 0 spiro atoms. The van der Waals surface area contributed by atoms with Gasteiger partial charge in [0, 0.05) is 20.6 Å². The molecular formula is C18H31N3O3S. The summed E-state index contributed by atoms with van der Waals surface area (Å²) in [4.78, 5) is 12.4. The van der Waals surface area contributed by atoms with E-state index in [0.29, 0.717) is 18.2 Å². The molecule has 0 unspecified atom stereocenters. The number of rotatable bonds is 11. The van der Waals surface area contributed by atoms with Gasteiger partial charge in [0.15, 0.2) is 0 Å². The Kier molecular flexibility index (Phi) is 8.92. The summed E-state index contributed by atoms with van der Waals surface area (Å²) in [6.45, 7) is 4.61. The number of carbonyl (C=O) groups is 1. The fraction of sp³-hybridized carbons (Fsp3) is 0.611. The molecule has 0 heterocycles. The van der Waals surface area contributed by atoms with Crippen LogP contribution in [0.2, 0.25) is 0 Å². The van der Waals surface area contributed by atoms with E-state index in [9.17, 15) is 13.2 Å². The highest BCUT2D eigenvalue weighted by molar-refractivity contribution is 7.90. The van der Waals surface area contributed by atoms with Crippen LogP contribution in [0.1, 0.15) is 39.5 Å². The van der Waals surface area contributed by atoms with Crippen molar-refractivity contribution in [3.05, 3.63) is 30.3 Å². The van der Waals surface area contributed by atoms with Crippen molar-refractivity contribution in [1.82, 2.24) is 9.62 Å². The maximum absolute atomic E-state index is 12.6. The minimum atomic E-state index is -3.74. The molecule has 1 N–H and O–H groups in total. The van der Waals surface area contributed by atoms with Gasteiger partial charge >= 0.3 is 10.2 Å². The Hall–Kier alpha value is -1.60. The average Bonchev–Trinajstić information content (AvgIpc) is 2.60. The first kappa shape index (κ1) is 21.4. The zero-order valence-corrected chi connectivity index (χ0v) is 16.6. The van der Waals surface area contributed by atoms with Crippen molar-refractivity contribution < 1.29 is 13.2 Å². The molecule has 25 heavy (non-hydrogen) atoms. The lowest BCUT2D eigenvalue weighted by Crippen LogP contribution is -2.46. The van der Waals surface area contributed by atoms with Crippen LogP contribution in [-0.4, -0.2) is 45.8 Å². The highest BCUT2D eigenvalue weighted by atomic mass is 32.2. The Morgan fingerprint density at radius 1 is 1.16 bits per heavy atom. The van der Waals surface area contributed by atoms with E-state index < -0.39 is 10.2 Å². The maximum atomic E-state index is 12.6. The number of carbonyl (C=O) groups excluding carboxylic acids is 1. The molecule has 0 fully saturated rings. The molecule has 0 aromatic heterocycles. The van der Waals surface area contributed by atoms with Crippen LogP contribution >= 0.6 is 0 Å². The van der Waals surface area contributed by atoms with Gasteiger partial charge in [-0.3, -0.25) is 4.79 Å². The zero-order valence-electron chi connectivity index (χ0n) is 15.7. The third kappa shape index (κ3) is 6.66. The number of hydrogen-bond acceptors (Lipinski definition) is 3. The summed E-state index contributed by atoms with van der Waals surface area (Å²) in [7, 11) is -0.821. The molecule has 0 radical (unpaired) electrons. The molecule has 0 saturated carbocycles. The fourth-order valence-corrected chi connectivity index (χ4v) is 3.55. The van der Waals surface area contributed by atoms with Crippen LogP contribution in [-0.2, 0) is 15.0 Å². The highest BCUT2D eigenvalue weighted by Crippen LogP contribution is 2.18. The summed E-state index contributed by atoms with van der Waals surface area (Å²) >= 11 is 0. The van der Waals surface area contributed by atoms with Gasteiger partial charge in [0.2, 0.25) is 5.91 Å². The minimum Gasteiger partial charge on any atom is -0.354 e. The average molecular weight is 370 g/mol. The number of hydrogen-bond donors (Lipinski definition) is 1. The van der Waals surface area contributed by atoms with Crippen LogP contribution < -0.4 is 9.62 Å². The second kappa shape index (κ2) is 10.4. The second-order valence-electron chi connectivity index (χ2n) is 6.35. The van der Waals surface area contributed by atoms with E-state index in [-0.39, 0.29) is 12.5 Å². The van der Waals surface area contributed by atoms with Crippen LogP contribution in [0.25, 0.3) is 0 Å². The van der Waals surface area contributed by atoms with E-state index in [1.807, 2.05) is 6.07 Å². The predicted octanol–water partition coefficient (Wildman–Crippen LogP) is 2.63. The van der Waals surface area contributed by atoms with Crippen LogP contribution in [0.5, 0.6) is 0 Å². The Bertz CT molecular complexity index is 618. The lowest BCUT2D eigenvalue weighted by molar-refractivity contribution is -0.119. The monoisotopic (exact) mass is 369 g/mol. The molecule has 6 nitrogen and oxygen atoms in total. The van der Waals surface area contributed by atoms with Gasteiger partial charge < -0.3 is 5.32 Å². The smallest absolute Gasteiger partial charge is 0.304 e. The first-order valence-electron chi connectivity index (χ1n) is 8.84. The maximum Gasteiger partial charge on any atom is 0.304 e. The van der Waals surface area contributed by atoms with Crippen molar-refractivity contribution in [2.75, 3.05) is 31.5 Å². The van der Waals surface area contributed by atoms with Gasteiger partial charge in [-0.1, -0.05) is 51.3 Å². The summed E-state index contributed by atoms with van der Waals surface area (Å²) in [6, 6.07) is 8.69. The van der Waals surface area contributed by atoms with Crippen molar-refractivity contribution in [2.45, 2.75) is 39.5 Å². The number of unbranched alkanes of at least 4 members (excludes halogenated alkanes) is 1. The van der Waals surface area contributed by atoms with Gasteiger partial charge in [0.05, 0.1) is 5.69 Å². The third-order valence-electron chi connectivity index (χ3n) is 4.20.